The average molecular weight is 159 g/mol. The molecule has 2 N–H and O–H groups in total. The molecule has 0 radical (unpaired) electrons. The van der Waals surface area contributed by atoms with Crippen LogP contribution in [0, 0.1) is 5.92 Å². The van der Waals surface area contributed by atoms with Crippen molar-refractivity contribution in [1.29, 1.82) is 0 Å². The van der Waals surface area contributed by atoms with Gasteiger partial charge in [-0.2, -0.15) is 0 Å². The van der Waals surface area contributed by atoms with Crippen molar-refractivity contribution in [2.75, 3.05) is 6.54 Å². The van der Waals surface area contributed by atoms with E-state index in [1.807, 2.05) is 20.8 Å². The van der Waals surface area contributed by atoms with Crippen molar-refractivity contribution in [3.63, 3.8) is 0 Å². The molecule has 0 aliphatic rings. The number of carbonyl (C=O) groups excluding carboxylic acids is 1. The summed E-state index contributed by atoms with van der Waals surface area (Å²) in [6.45, 7) is 6.28. The predicted molar refractivity (Wildman–Crippen MR) is 44.1 cm³/mol. The number of hydrogen-bond donors (Lipinski definition) is 1. The lowest BCUT2D eigenvalue weighted by molar-refractivity contribution is -0.149. The molecule has 0 aromatic carbocycles. The first-order valence-electron chi connectivity index (χ1n) is 3.97. The summed E-state index contributed by atoms with van der Waals surface area (Å²) in [6, 6.07) is 0. The van der Waals surface area contributed by atoms with E-state index in [0.717, 1.165) is 0 Å². The van der Waals surface area contributed by atoms with Gasteiger partial charge in [0.1, 0.15) is 6.10 Å². The molecule has 0 heterocycles. The van der Waals surface area contributed by atoms with Crippen molar-refractivity contribution in [2.24, 2.45) is 11.7 Å². The number of hydrogen-bond acceptors (Lipinski definition) is 3. The first kappa shape index (κ1) is 10.4. The van der Waals surface area contributed by atoms with Crippen LogP contribution in [-0.2, 0) is 9.53 Å². The van der Waals surface area contributed by atoms with E-state index < -0.39 is 0 Å². The Morgan fingerprint density at radius 1 is 1.45 bits per heavy atom. The standard InChI is InChI=1S/C8H17NO2/c1-6(2)7(3)11-8(10)4-5-9/h6-7H,4-5,9H2,1-3H3. The number of ether oxygens (including phenoxy) is 1. The normalized spacial score (nSPS) is 13.2. The summed E-state index contributed by atoms with van der Waals surface area (Å²) in [7, 11) is 0. The minimum Gasteiger partial charge on any atom is -0.462 e. The predicted octanol–water partition coefficient (Wildman–Crippen LogP) is 0.923. The average Bonchev–Trinajstić information content (AvgIpc) is 1.87. The van der Waals surface area contributed by atoms with Gasteiger partial charge in [0.05, 0.1) is 6.42 Å². The van der Waals surface area contributed by atoms with Crippen LogP contribution in [0.2, 0.25) is 0 Å². The first-order valence-corrected chi connectivity index (χ1v) is 3.97. The fourth-order valence-electron chi connectivity index (χ4n) is 0.520. The van der Waals surface area contributed by atoms with Crippen LogP contribution >= 0.6 is 0 Å². The zero-order valence-electron chi connectivity index (χ0n) is 7.46. The van der Waals surface area contributed by atoms with E-state index in [9.17, 15) is 4.79 Å². The van der Waals surface area contributed by atoms with Crippen molar-refractivity contribution in [3.05, 3.63) is 0 Å². The van der Waals surface area contributed by atoms with Crippen molar-refractivity contribution in [2.45, 2.75) is 33.3 Å². The van der Waals surface area contributed by atoms with Gasteiger partial charge in [-0.05, 0) is 12.8 Å². The molecule has 0 aromatic heterocycles. The molecule has 1 unspecified atom stereocenters. The van der Waals surface area contributed by atoms with E-state index in [1.165, 1.54) is 0 Å². The van der Waals surface area contributed by atoms with Gasteiger partial charge < -0.3 is 10.5 Å². The molecular formula is C8H17NO2. The van der Waals surface area contributed by atoms with Crippen LogP contribution in [0.5, 0.6) is 0 Å². The Morgan fingerprint density at radius 2 is 2.00 bits per heavy atom. The fourth-order valence-corrected chi connectivity index (χ4v) is 0.520. The Kier molecular flexibility index (Phi) is 4.86. The Hall–Kier alpha value is -0.570. The molecule has 0 spiro atoms. The van der Waals surface area contributed by atoms with Crippen molar-refractivity contribution in [3.8, 4) is 0 Å². The Bertz CT molecular complexity index is 123. The van der Waals surface area contributed by atoms with E-state index in [1.54, 1.807) is 0 Å². The SMILES string of the molecule is CC(C)C(C)OC(=O)CCN. The molecule has 0 rings (SSSR count). The van der Waals surface area contributed by atoms with Crippen molar-refractivity contribution in [1.82, 2.24) is 0 Å². The second-order valence-corrected chi connectivity index (χ2v) is 2.98. The molecular weight excluding hydrogens is 142 g/mol. The number of esters is 1. The summed E-state index contributed by atoms with van der Waals surface area (Å²) in [5.74, 6) is 0.172. The number of nitrogens with two attached hydrogens (primary N) is 1. The third kappa shape index (κ3) is 4.79. The maximum atomic E-state index is 10.9. The molecule has 0 aromatic rings. The summed E-state index contributed by atoms with van der Waals surface area (Å²) >= 11 is 0. The van der Waals surface area contributed by atoms with E-state index in [0.29, 0.717) is 18.9 Å². The van der Waals surface area contributed by atoms with Crippen LogP contribution in [-0.4, -0.2) is 18.6 Å². The van der Waals surface area contributed by atoms with Crippen LogP contribution in [0.3, 0.4) is 0 Å². The number of carbonyl (C=O) groups is 1. The maximum Gasteiger partial charge on any atom is 0.307 e. The van der Waals surface area contributed by atoms with Crippen LogP contribution < -0.4 is 5.73 Å². The van der Waals surface area contributed by atoms with E-state index in [2.05, 4.69) is 0 Å². The van der Waals surface area contributed by atoms with Gasteiger partial charge in [0.15, 0.2) is 0 Å². The third-order valence-corrected chi connectivity index (χ3v) is 1.60. The minimum atomic E-state index is -0.200. The summed E-state index contributed by atoms with van der Waals surface area (Å²) in [6.07, 6.45) is 0.311. The molecule has 0 saturated carbocycles. The van der Waals surface area contributed by atoms with E-state index in [-0.39, 0.29) is 12.1 Å². The van der Waals surface area contributed by atoms with Gasteiger partial charge in [-0.25, -0.2) is 0 Å². The first-order chi connectivity index (χ1) is 5.07. The van der Waals surface area contributed by atoms with E-state index in [4.69, 9.17) is 10.5 Å². The van der Waals surface area contributed by atoms with Crippen molar-refractivity contribution >= 4 is 5.97 Å². The molecule has 3 heteroatoms. The second-order valence-electron chi connectivity index (χ2n) is 2.98. The molecule has 0 aliphatic carbocycles. The van der Waals surface area contributed by atoms with Gasteiger partial charge in [-0.1, -0.05) is 13.8 Å². The molecule has 0 bridgehead atoms. The summed E-state index contributed by atoms with van der Waals surface area (Å²) in [5.41, 5.74) is 5.18. The highest BCUT2D eigenvalue weighted by Gasteiger charge is 2.11. The van der Waals surface area contributed by atoms with Crippen LogP contribution in [0.25, 0.3) is 0 Å². The molecule has 66 valence electrons. The summed E-state index contributed by atoms with van der Waals surface area (Å²) in [4.78, 5) is 10.9. The fraction of sp³-hybridized carbons (Fsp3) is 0.875. The maximum absolute atomic E-state index is 10.9. The van der Waals surface area contributed by atoms with Gasteiger partial charge in [-0.15, -0.1) is 0 Å². The zero-order valence-corrected chi connectivity index (χ0v) is 7.46. The quantitative estimate of drug-likeness (QED) is 0.621. The zero-order chi connectivity index (χ0) is 8.85. The van der Waals surface area contributed by atoms with Gasteiger partial charge >= 0.3 is 5.97 Å². The minimum absolute atomic E-state index is 0.00551. The van der Waals surface area contributed by atoms with Gasteiger partial charge in [0, 0.05) is 6.54 Å². The molecule has 0 amide bonds. The highest BCUT2D eigenvalue weighted by atomic mass is 16.5. The highest BCUT2D eigenvalue weighted by molar-refractivity contribution is 5.69. The van der Waals surface area contributed by atoms with Crippen molar-refractivity contribution < 1.29 is 9.53 Å². The smallest absolute Gasteiger partial charge is 0.307 e. The molecule has 0 aliphatic heterocycles. The van der Waals surface area contributed by atoms with Crippen LogP contribution in [0.4, 0.5) is 0 Å². The lowest BCUT2D eigenvalue weighted by Crippen LogP contribution is -2.21. The lowest BCUT2D eigenvalue weighted by atomic mass is 10.1. The Balaban J connectivity index is 3.57. The van der Waals surface area contributed by atoms with E-state index >= 15 is 0 Å². The summed E-state index contributed by atoms with van der Waals surface area (Å²) in [5, 5.41) is 0. The molecule has 3 nitrogen and oxygen atoms in total. The highest BCUT2D eigenvalue weighted by Crippen LogP contribution is 2.05. The monoisotopic (exact) mass is 159 g/mol. The van der Waals surface area contributed by atoms with Crippen LogP contribution in [0.1, 0.15) is 27.2 Å². The summed E-state index contributed by atoms with van der Waals surface area (Å²) < 4.78 is 5.03. The van der Waals surface area contributed by atoms with Crippen LogP contribution in [0.15, 0.2) is 0 Å². The van der Waals surface area contributed by atoms with Gasteiger partial charge in [0.25, 0.3) is 0 Å². The molecule has 11 heavy (non-hydrogen) atoms. The lowest BCUT2D eigenvalue weighted by Gasteiger charge is -2.15. The third-order valence-electron chi connectivity index (χ3n) is 1.60. The largest absolute Gasteiger partial charge is 0.462 e. The Morgan fingerprint density at radius 3 is 2.36 bits per heavy atom. The number of rotatable bonds is 4. The molecule has 1 atom stereocenters. The molecule has 0 fully saturated rings. The second kappa shape index (κ2) is 5.13. The van der Waals surface area contributed by atoms with Gasteiger partial charge in [0.2, 0.25) is 0 Å². The Labute approximate surface area is 67.9 Å². The molecule has 0 saturated heterocycles. The van der Waals surface area contributed by atoms with Gasteiger partial charge in [-0.3, -0.25) is 4.79 Å². The topological polar surface area (TPSA) is 52.3 Å².